The smallest absolute Gasteiger partial charge is 0.419 e. The third-order valence-electron chi connectivity index (χ3n) is 1.80. The van der Waals surface area contributed by atoms with Gasteiger partial charge in [0, 0.05) is 0 Å². The molecule has 0 heterocycles. The van der Waals surface area contributed by atoms with Crippen molar-refractivity contribution in [3.63, 3.8) is 0 Å². The summed E-state index contributed by atoms with van der Waals surface area (Å²) in [5, 5.41) is -1.32. The number of benzene rings is 1. The number of rotatable bonds is 2. The molecule has 0 fully saturated rings. The molecule has 1 aromatic carbocycles. The van der Waals surface area contributed by atoms with Crippen LogP contribution in [0.5, 0.6) is 5.75 Å². The van der Waals surface area contributed by atoms with E-state index in [0.717, 1.165) is 13.2 Å². The van der Waals surface area contributed by atoms with Crippen molar-refractivity contribution in [2.24, 2.45) is 0 Å². The summed E-state index contributed by atoms with van der Waals surface area (Å²) < 4.78 is 54.8. The fraction of sp³-hybridized carbons (Fsp3) is 0.222. The summed E-state index contributed by atoms with van der Waals surface area (Å²) in [6.07, 6.45) is -4.92. The number of carbonyl (C=O) groups is 1. The first-order valence-electron chi connectivity index (χ1n) is 3.92. The van der Waals surface area contributed by atoms with Gasteiger partial charge >= 0.3 is 6.18 Å². The average molecular weight is 257 g/mol. The van der Waals surface area contributed by atoms with E-state index in [1.54, 1.807) is 0 Å². The van der Waals surface area contributed by atoms with Gasteiger partial charge in [0.1, 0.15) is 11.6 Å². The Hall–Kier alpha value is -1.30. The van der Waals surface area contributed by atoms with Gasteiger partial charge in [0.15, 0.2) is 0 Å². The summed E-state index contributed by atoms with van der Waals surface area (Å²) in [5.41, 5.74) is -2.45. The van der Waals surface area contributed by atoms with Crippen LogP contribution in [0.3, 0.4) is 0 Å². The van der Waals surface area contributed by atoms with Gasteiger partial charge in [-0.3, -0.25) is 4.79 Å². The van der Waals surface area contributed by atoms with Gasteiger partial charge < -0.3 is 4.74 Å². The van der Waals surface area contributed by atoms with Gasteiger partial charge in [-0.2, -0.15) is 13.2 Å². The first kappa shape index (κ1) is 12.8. The molecule has 0 amide bonds. The predicted molar refractivity (Wildman–Crippen MR) is 48.1 cm³/mol. The van der Waals surface area contributed by atoms with Gasteiger partial charge in [-0.05, 0) is 23.7 Å². The highest BCUT2D eigenvalue weighted by Crippen LogP contribution is 2.35. The molecule has 0 unspecified atom stereocenters. The molecule has 0 N–H and O–H groups in total. The van der Waals surface area contributed by atoms with E-state index < -0.39 is 28.4 Å². The Morgan fingerprint density at radius 1 is 1.38 bits per heavy atom. The highest BCUT2D eigenvalue weighted by molar-refractivity contribution is 6.67. The van der Waals surface area contributed by atoms with Crippen molar-refractivity contribution in [3.05, 3.63) is 29.1 Å². The van der Waals surface area contributed by atoms with Crippen LogP contribution >= 0.6 is 11.6 Å². The molecule has 7 heteroatoms. The minimum Gasteiger partial charge on any atom is -0.497 e. The number of methoxy groups -OCH3 is 1. The van der Waals surface area contributed by atoms with E-state index in [1.807, 2.05) is 0 Å². The molecule has 1 rings (SSSR count). The first-order valence-corrected chi connectivity index (χ1v) is 4.29. The van der Waals surface area contributed by atoms with E-state index in [-0.39, 0.29) is 5.75 Å². The third-order valence-corrected chi connectivity index (χ3v) is 2.00. The summed E-state index contributed by atoms with van der Waals surface area (Å²) in [5.74, 6) is -1.99. The standard InChI is InChI=1S/C9H5ClF4O2/c1-16-4-2-5(8(10)15)7(11)6(3-4)9(12,13)14/h2-3H,1H3. The lowest BCUT2D eigenvalue weighted by atomic mass is 10.1. The van der Waals surface area contributed by atoms with Gasteiger partial charge in [0.25, 0.3) is 5.24 Å². The molecule has 0 saturated heterocycles. The largest absolute Gasteiger partial charge is 0.497 e. The molecule has 0 bridgehead atoms. The van der Waals surface area contributed by atoms with E-state index >= 15 is 0 Å². The van der Waals surface area contributed by atoms with E-state index in [4.69, 9.17) is 11.6 Å². The molecule has 88 valence electrons. The second-order valence-corrected chi connectivity index (χ2v) is 3.15. The predicted octanol–water partition coefficient (Wildman–Crippen LogP) is 3.23. The van der Waals surface area contributed by atoms with Crippen LogP contribution in [-0.2, 0) is 6.18 Å². The normalized spacial score (nSPS) is 11.4. The second-order valence-electron chi connectivity index (χ2n) is 2.81. The van der Waals surface area contributed by atoms with Gasteiger partial charge in [-0.15, -0.1) is 0 Å². The Kier molecular flexibility index (Phi) is 3.42. The Morgan fingerprint density at radius 2 is 1.94 bits per heavy atom. The monoisotopic (exact) mass is 256 g/mol. The first-order chi connectivity index (χ1) is 7.27. The minimum atomic E-state index is -4.92. The zero-order valence-corrected chi connectivity index (χ0v) is 8.62. The quantitative estimate of drug-likeness (QED) is 0.600. The van der Waals surface area contributed by atoms with Crippen LogP contribution in [0.15, 0.2) is 12.1 Å². The molecular formula is C9H5ClF4O2. The Morgan fingerprint density at radius 3 is 2.31 bits per heavy atom. The number of alkyl halides is 3. The van der Waals surface area contributed by atoms with Crippen molar-refractivity contribution in [1.29, 1.82) is 0 Å². The number of carbonyl (C=O) groups excluding carboxylic acids is 1. The highest BCUT2D eigenvalue weighted by atomic mass is 35.5. The molecule has 0 aromatic heterocycles. The van der Waals surface area contributed by atoms with E-state index in [9.17, 15) is 22.4 Å². The molecule has 16 heavy (non-hydrogen) atoms. The fourth-order valence-corrected chi connectivity index (χ4v) is 1.20. The van der Waals surface area contributed by atoms with Crippen LogP contribution in [0.1, 0.15) is 15.9 Å². The number of hydrogen-bond acceptors (Lipinski definition) is 2. The van der Waals surface area contributed by atoms with Gasteiger partial charge in [0.05, 0.1) is 18.2 Å². The summed E-state index contributed by atoms with van der Waals surface area (Å²) in [6.45, 7) is 0. The second kappa shape index (κ2) is 4.29. The lowest BCUT2D eigenvalue weighted by molar-refractivity contribution is -0.140. The molecular weight excluding hydrogens is 252 g/mol. The van der Waals surface area contributed by atoms with Crippen LogP contribution in [0.25, 0.3) is 0 Å². The Labute approximate surface area is 92.8 Å². The molecule has 0 atom stereocenters. The molecule has 0 aliphatic heterocycles. The van der Waals surface area contributed by atoms with Gasteiger partial charge in [-0.25, -0.2) is 4.39 Å². The summed E-state index contributed by atoms with van der Waals surface area (Å²) >= 11 is 4.96. The Balaban J connectivity index is 3.50. The maximum atomic E-state index is 13.3. The molecule has 0 spiro atoms. The SMILES string of the molecule is COc1cc(C(=O)Cl)c(F)c(C(F)(F)F)c1. The number of ether oxygens (including phenoxy) is 1. The zero-order chi connectivity index (χ0) is 12.5. The lowest BCUT2D eigenvalue weighted by Gasteiger charge is -2.11. The molecule has 0 aliphatic carbocycles. The molecule has 0 aliphatic rings. The zero-order valence-electron chi connectivity index (χ0n) is 7.86. The Bertz CT molecular complexity index is 428. The fourth-order valence-electron chi connectivity index (χ4n) is 1.07. The summed E-state index contributed by atoms with van der Waals surface area (Å²) in [7, 11) is 1.09. The van der Waals surface area contributed by atoms with Crippen molar-refractivity contribution in [2.75, 3.05) is 7.11 Å². The maximum Gasteiger partial charge on any atom is 0.419 e. The molecule has 1 aromatic rings. The van der Waals surface area contributed by atoms with Crippen molar-refractivity contribution < 1.29 is 27.1 Å². The number of halogens is 5. The van der Waals surface area contributed by atoms with Crippen molar-refractivity contribution in [1.82, 2.24) is 0 Å². The van der Waals surface area contributed by atoms with Crippen LogP contribution < -0.4 is 4.74 Å². The van der Waals surface area contributed by atoms with Crippen molar-refractivity contribution >= 4 is 16.8 Å². The number of hydrogen-bond donors (Lipinski definition) is 0. The summed E-state index contributed by atoms with van der Waals surface area (Å²) in [6, 6.07) is 1.26. The minimum absolute atomic E-state index is 0.294. The van der Waals surface area contributed by atoms with Crippen LogP contribution in [-0.4, -0.2) is 12.4 Å². The van der Waals surface area contributed by atoms with Crippen LogP contribution in [0.2, 0.25) is 0 Å². The van der Waals surface area contributed by atoms with E-state index in [2.05, 4.69) is 4.74 Å². The lowest BCUT2D eigenvalue weighted by Crippen LogP contribution is -2.11. The third kappa shape index (κ3) is 2.44. The molecule has 0 saturated carbocycles. The van der Waals surface area contributed by atoms with Crippen molar-refractivity contribution in [2.45, 2.75) is 6.18 Å². The van der Waals surface area contributed by atoms with E-state index in [0.29, 0.717) is 6.07 Å². The van der Waals surface area contributed by atoms with Gasteiger partial charge in [-0.1, -0.05) is 0 Å². The highest BCUT2D eigenvalue weighted by Gasteiger charge is 2.36. The van der Waals surface area contributed by atoms with Crippen molar-refractivity contribution in [3.8, 4) is 5.75 Å². The topological polar surface area (TPSA) is 26.3 Å². The summed E-state index contributed by atoms with van der Waals surface area (Å²) in [4.78, 5) is 10.7. The van der Waals surface area contributed by atoms with E-state index in [1.165, 1.54) is 0 Å². The molecule has 0 radical (unpaired) electrons. The van der Waals surface area contributed by atoms with Crippen LogP contribution in [0, 0.1) is 5.82 Å². The molecule has 2 nitrogen and oxygen atoms in total. The van der Waals surface area contributed by atoms with Gasteiger partial charge in [0.2, 0.25) is 0 Å². The maximum absolute atomic E-state index is 13.3. The average Bonchev–Trinajstić information content (AvgIpc) is 2.15. The van der Waals surface area contributed by atoms with Crippen LogP contribution in [0.4, 0.5) is 17.6 Å².